The molecule has 0 aromatic heterocycles. The molecule has 6 N–H and O–H groups in total. The minimum Gasteiger partial charge on any atom is -0.394 e. The van der Waals surface area contributed by atoms with Crippen molar-refractivity contribution in [2.75, 3.05) is 13.2 Å². The van der Waals surface area contributed by atoms with Gasteiger partial charge in [0.25, 0.3) is 0 Å². The van der Waals surface area contributed by atoms with Gasteiger partial charge in [-0.05, 0) is 6.92 Å². The molecular formula is C12H22O9. The van der Waals surface area contributed by atoms with Crippen LogP contribution in [0.2, 0.25) is 0 Å². The maximum absolute atomic E-state index is 9.92. The Labute approximate surface area is 121 Å². The van der Waals surface area contributed by atoms with Crippen LogP contribution < -0.4 is 0 Å². The summed E-state index contributed by atoms with van der Waals surface area (Å²) in [6, 6.07) is 0. The zero-order valence-electron chi connectivity index (χ0n) is 11.5. The average molecular weight is 310 g/mol. The Morgan fingerprint density at radius 2 is 1.62 bits per heavy atom. The number of hydrogen-bond acceptors (Lipinski definition) is 9. The van der Waals surface area contributed by atoms with Gasteiger partial charge in [-0.15, -0.1) is 0 Å². The van der Waals surface area contributed by atoms with E-state index in [1.807, 2.05) is 0 Å². The number of aliphatic hydroxyl groups excluding tert-OH is 6. The van der Waals surface area contributed by atoms with Crippen LogP contribution >= 0.6 is 0 Å². The van der Waals surface area contributed by atoms with E-state index < -0.39 is 61.7 Å². The molecule has 2 aliphatic heterocycles. The Hall–Kier alpha value is -0.360. The lowest BCUT2D eigenvalue weighted by Gasteiger charge is -2.43. The van der Waals surface area contributed by atoms with Gasteiger partial charge in [0.05, 0.1) is 19.3 Å². The number of rotatable bonds is 3. The second-order valence-electron chi connectivity index (χ2n) is 5.39. The van der Waals surface area contributed by atoms with E-state index in [1.165, 1.54) is 6.92 Å². The molecule has 0 aliphatic carbocycles. The van der Waals surface area contributed by atoms with Gasteiger partial charge in [-0.1, -0.05) is 0 Å². The summed E-state index contributed by atoms with van der Waals surface area (Å²) in [6.07, 6.45) is -10.9. The summed E-state index contributed by atoms with van der Waals surface area (Å²) in [6.45, 7) is 0.930. The molecule has 0 unspecified atom stereocenters. The molecule has 0 spiro atoms. The first-order valence-electron chi connectivity index (χ1n) is 6.80. The van der Waals surface area contributed by atoms with Crippen LogP contribution in [-0.2, 0) is 14.2 Å². The highest BCUT2D eigenvalue weighted by Gasteiger charge is 2.46. The predicted molar refractivity (Wildman–Crippen MR) is 66.1 cm³/mol. The Morgan fingerprint density at radius 3 is 2.24 bits per heavy atom. The highest BCUT2D eigenvalue weighted by Crippen LogP contribution is 2.26. The molecule has 9 heteroatoms. The predicted octanol–water partition coefficient (Wildman–Crippen LogP) is -3.69. The molecule has 2 heterocycles. The minimum absolute atomic E-state index is 0.122. The van der Waals surface area contributed by atoms with Crippen LogP contribution in [-0.4, -0.2) is 99.0 Å². The van der Waals surface area contributed by atoms with Crippen LogP contribution in [0.5, 0.6) is 0 Å². The van der Waals surface area contributed by atoms with Crippen LogP contribution in [0.4, 0.5) is 0 Å². The van der Waals surface area contributed by atoms with Gasteiger partial charge >= 0.3 is 0 Å². The molecule has 2 aliphatic rings. The zero-order chi connectivity index (χ0) is 15.7. The Bertz CT molecular complexity index is 341. The first kappa shape index (κ1) is 17.0. The van der Waals surface area contributed by atoms with Gasteiger partial charge in [-0.3, -0.25) is 0 Å². The monoisotopic (exact) mass is 310 g/mol. The molecule has 0 radical (unpaired) electrons. The van der Waals surface area contributed by atoms with Gasteiger partial charge in [0.15, 0.2) is 6.29 Å². The van der Waals surface area contributed by atoms with E-state index in [2.05, 4.69) is 0 Å². The van der Waals surface area contributed by atoms with Crippen molar-refractivity contribution in [2.24, 2.45) is 0 Å². The van der Waals surface area contributed by atoms with Crippen molar-refractivity contribution < 1.29 is 44.8 Å². The molecule has 9 nitrogen and oxygen atoms in total. The summed E-state index contributed by atoms with van der Waals surface area (Å²) in [5.74, 6) is 0. The standard InChI is InChI=1S/C12H22O9/c1-4-7(14)10(17)11(18)12(20-4)21-6-3-19-5(2-13)8(15)9(6)16/h4-18H,2-3H2,1H3/t4-,5+,6-,7+,8-,9+,10+,11-,12-/m0/s1/i18+0. The van der Waals surface area contributed by atoms with E-state index in [-0.39, 0.29) is 6.61 Å². The van der Waals surface area contributed by atoms with Crippen molar-refractivity contribution in [2.45, 2.75) is 62.0 Å². The van der Waals surface area contributed by atoms with E-state index >= 15 is 0 Å². The molecule has 21 heavy (non-hydrogen) atoms. The zero-order valence-corrected chi connectivity index (χ0v) is 11.5. The van der Waals surface area contributed by atoms with E-state index in [0.717, 1.165) is 0 Å². The second-order valence-corrected chi connectivity index (χ2v) is 5.39. The molecule has 124 valence electrons. The topological polar surface area (TPSA) is 149 Å². The lowest BCUT2D eigenvalue weighted by molar-refractivity contribution is -0.326. The summed E-state index contributed by atoms with van der Waals surface area (Å²) in [5, 5.41) is 57.7. The van der Waals surface area contributed by atoms with Crippen molar-refractivity contribution >= 4 is 0 Å². The van der Waals surface area contributed by atoms with E-state index in [0.29, 0.717) is 0 Å². The largest absolute Gasteiger partial charge is 0.394 e. The van der Waals surface area contributed by atoms with Gasteiger partial charge in [0.2, 0.25) is 0 Å². The van der Waals surface area contributed by atoms with Crippen LogP contribution in [0, 0.1) is 0 Å². The van der Waals surface area contributed by atoms with Gasteiger partial charge < -0.3 is 44.8 Å². The maximum atomic E-state index is 9.92. The van der Waals surface area contributed by atoms with Gasteiger partial charge in [-0.25, -0.2) is 0 Å². The summed E-state index contributed by atoms with van der Waals surface area (Å²) in [5.41, 5.74) is 0. The van der Waals surface area contributed by atoms with Crippen LogP contribution in [0.25, 0.3) is 0 Å². The van der Waals surface area contributed by atoms with Crippen molar-refractivity contribution in [3.05, 3.63) is 0 Å². The number of hydrogen-bond donors (Lipinski definition) is 6. The summed E-state index contributed by atoms with van der Waals surface area (Å²) < 4.78 is 15.7. The summed E-state index contributed by atoms with van der Waals surface area (Å²) >= 11 is 0. The Balaban J connectivity index is 1.98. The van der Waals surface area contributed by atoms with E-state index in [4.69, 9.17) is 19.3 Å². The lowest BCUT2D eigenvalue weighted by atomic mass is 9.98. The fourth-order valence-corrected chi connectivity index (χ4v) is 2.43. The summed E-state index contributed by atoms with van der Waals surface area (Å²) in [4.78, 5) is 0. The molecule has 0 aromatic carbocycles. The average Bonchev–Trinajstić information content (AvgIpc) is 2.47. The van der Waals surface area contributed by atoms with Gasteiger partial charge in [-0.2, -0.15) is 0 Å². The van der Waals surface area contributed by atoms with Crippen LogP contribution in [0.3, 0.4) is 0 Å². The quantitative estimate of drug-likeness (QED) is 0.310. The smallest absolute Gasteiger partial charge is 0.187 e. The molecule has 2 rings (SSSR count). The normalized spacial score (nSPS) is 51.9. The first-order chi connectivity index (χ1) is 9.86. The molecule has 9 atom stereocenters. The fourth-order valence-electron chi connectivity index (χ4n) is 2.43. The molecule has 2 saturated heterocycles. The molecule has 2 fully saturated rings. The fraction of sp³-hybridized carbons (Fsp3) is 1.00. The number of ether oxygens (including phenoxy) is 3. The third-order valence-electron chi connectivity index (χ3n) is 3.88. The molecule has 0 aromatic rings. The SMILES string of the molecule is C[C@@H]1O[C@@H](O[C@H]2CO[C@H](CO)[C@H](O)[C@@H]2O)[C@@H]([16OH])[C@H](O)[C@@H]1O. The Morgan fingerprint density at radius 1 is 0.952 bits per heavy atom. The lowest BCUT2D eigenvalue weighted by Crippen LogP contribution is -2.61. The maximum Gasteiger partial charge on any atom is 0.187 e. The third-order valence-corrected chi connectivity index (χ3v) is 3.88. The molecular weight excluding hydrogens is 288 g/mol. The van der Waals surface area contributed by atoms with Crippen molar-refractivity contribution in [1.29, 1.82) is 0 Å². The van der Waals surface area contributed by atoms with Crippen molar-refractivity contribution in [3.8, 4) is 0 Å². The van der Waals surface area contributed by atoms with Crippen LogP contribution in [0.15, 0.2) is 0 Å². The first-order valence-corrected chi connectivity index (χ1v) is 6.80. The third kappa shape index (κ3) is 3.36. The van der Waals surface area contributed by atoms with E-state index in [9.17, 15) is 25.5 Å². The Kier molecular flexibility index (Phi) is 5.52. The number of aliphatic hydroxyl groups is 6. The van der Waals surface area contributed by atoms with Crippen molar-refractivity contribution in [1.82, 2.24) is 0 Å². The highest BCUT2D eigenvalue weighted by molar-refractivity contribution is 4.91. The molecule has 0 bridgehead atoms. The second kappa shape index (κ2) is 6.82. The van der Waals surface area contributed by atoms with Gasteiger partial charge in [0, 0.05) is 0 Å². The highest BCUT2D eigenvalue weighted by atomic mass is 16.7. The minimum atomic E-state index is -1.50. The summed E-state index contributed by atoms with van der Waals surface area (Å²) in [7, 11) is 0. The van der Waals surface area contributed by atoms with E-state index in [1.54, 1.807) is 0 Å². The van der Waals surface area contributed by atoms with Crippen molar-refractivity contribution in [3.63, 3.8) is 0 Å². The van der Waals surface area contributed by atoms with Gasteiger partial charge in [0.1, 0.15) is 42.7 Å². The van der Waals surface area contributed by atoms with Crippen LogP contribution in [0.1, 0.15) is 6.92 Å². The molecule has 0 amide bonds. The molecule has 0 saturated carbocycles.